The van der Waals surface area contributed by atoms with E-state index >= 15 is 0 Å². The number of halogens is 3. The molecule has 0 radical (unpaired) electrons. The smallest absolute Gasteiger partial charge is 0.426 e. The predicted molar refractivity (Wildman–Crippen MR) is 75.6 cm³/mol. The van der Waals surface area contributed by atoms with Crippen LogP contribution in [0.1, 0.15) is 18.4 Å². The van der Waals surface area contributed by atoms with Gasteiger partial charge in [-0.05, 0) is 18.4 Å². The van der Waals surface area contributed by atoms with Gasteiger partial charge in [0.25, 0.3) is 5.91 Å². The minimum Gasteiger partial charge on any atom is -0.464 e. The van der Waals surface area contributed by atoms with Crippen LogP contribution in [0.5, 0.6) is 0 Å². The highest BCUT2D eigenvalue weighted by Gasteiger charge is 2.61. The quantitative estimate of drug-likeness (QED) is 0.559. The third-order valence-electron chi connectivity index (χ3n) is 3.12. The number of benzene rings is 1. The summed E-state index contributed by atoms with van der Waals surface area (Å²) in [5.41, 5.74) is -0.0688. The molecule has 0 bridgehead atoms. The Labute approximate surface area is 135 Å². The monoisotopic (exact) mass is 350 g/mol. The van der Waals surface area contributed by atoms with Gasteiger partial charge in [0.05, 0.1) is 6.61 Å². The van der Waals surface area contributed by atoms with Gasteiger partial charge in [0, 0.05) is 6.61 Å². The second-order valence-corrected chi connectivity index (χ2v) is 4.81. The minimum atomic E-state index is -5.12. The van der Waals surface area contributed by atoms with Crippen molar-refractivity contribution in [3.05, 3.63) is 35.9 Å². The van der Waals surface area contributed by atoms with E-state index in [-0.39, 0.29) is 6.42 Å². The number of aliphatic hydroxyl groups is 1. The summed E-state index contributed by atoms with van der Waals surface area (Å²) < 4.78 is 45.5. The molecule has 1 aromatic carbocycles. The van der Waals surface area contributed by atoms with Crippen molar-refractivity contribution in [1.82, 2.24) is 10.9 Å². The van der Waals surface area contributed by atoms with Gasteiger partial charge >= 0.3 is 12.3 Å². The molecule has 0 fully saturated rings. The van der Waals surface area contributed by atoms with Gasteiger partial charge in [-0.1, -0.05) is 30.3 Å². The van der Waals surface area contributed by atoms with Crippen molar-refractivity contribution in [3.8, 4) is 0 Å². The van der Waals surface area contributed by atoms with Crippen molar-refractivity contribution in [2.75, 3.05) is 6.61 Å². The van der Waals surface area contributed by atoms with Crippen LogP contribution in [-0.2, 0) is 16.1 Å². The number of amides is 2. The molecule has 2 amide bonds. The Morgan fingerprint density at radius 1 is 1.12 bits per heavy atom. The molecule has 1 atom stereocenters. The van der Waals surface area contributed by atoms with Crippen LogP contribution in [0.2, 0.25) is 0 Å². The molecule has 0 aromatic heterocycles. The lowest BCUT2D eigenvalue weighted by atomic mass is 9.95. The Hall–Kier alpha value is -2.33. The summed E-state index contributed by atoms with van der Waals surface area (Å²) in [6.45, 7) is -1.11. The summed E-state index contributed by atoms with van der Waals surface area (Å²) in [4.78, 5) is 22.4. The number of hydrogen-bond acceptors (Lipinski definition) is 4. The number of hydrazine groups is 1. The lowest BCUT2D eigenvalue weighted by molar-refractivity contribution is -0.274. The Balaban J connectivity index is 3.05. The number of alkyl halides is 3. The lowest BCUT2D eigenvalue weighted by Crippen LogP contribution is -2.61. The fourth-order valence-corrected chi connectivity index (χ4v) is 1.92. The number of nitrogens with one attached hydrogen (secondary N) is 2. The number of carboxylic acid groups (broad SMARTS) is 1. The standard InChI is InChI=1S/C14H17F3N2O5/c15-14(16,17)13(7-4-8-20,11(21)18-19-12(22)23)24-9-10-5-2-1-3-6-10/h1-3,5-6,19-20H,4,7-9H2,(H,18,21)(H,22,23)/t13-/m1/s1. The van der Waals surface area contributed by atoms with Crippen molar-refractivity contribution in [3.63, 3.8) is 0 Å². The van der Waals surface area contributed by atoms with E-state index in [0.29, 0.717) is 5.56 Å². The molecular formula is C14H17F3N2O5. The molecule has 1 aromatic rings. The highest BCUT2D eigenvalue weighted by Crippen LogP contribution is 2.38. The molecule has 1 rings (SSSR count). The molecule has 0 aliphatic heterocycles. The van der Waals surface area contributed by atoms with Crippen LogP contribution in [0.3, 0.4) is 0 Å². The number of hydrogen-bond donors (Lipinski definition) is 4. The zero-order chi connectivity index (χ0) is 18.2. The van der Waals surface area contributed by atoms with Gasteiger partial charge in [-0.2, -0.15) is 13.2 Å². The van der Waals surface area contributed by atoms with Gasteiger partial charge in [-0.25, -0.2) is 10.2 Å². The molecule has 10 heteroatoms. The van der Waals surface area contributed by atoms with Crippen molar-refractivity contribution < 1.29 is 37.7 Å². The first-order valence-corrected chi connectivity index (χ1v) is 6.88. The summed E-state index contributed by atoms with van der Waals surface area (Å²) in [6.07, 6.45) is -8.09. The van der Waals surface area contributed by atoms with Crippen LogP contribution in [-0.4, -0.2) is 40.6 Å². The molecule has 4 N–H and O–H groups in total. The third kappa shape index (κ3) is 5.10. The molecule has 7 nitrogen and oxygen atoms in total. The summed E-state index contributed by atoms with van der Waals surface area (Å²) in [5.74, 6) is -1.71. The maximum atomic E-state index is 13.5. The first kappa shape index (κ1) is 19.7. The number of carbonyl (C=O) groups is 2. The largest absolute Gasteiger partial charge is 0.464 e. The van der Waals surface area contributed by atoms with E-state index in [1.165, 1.54) is 23.0 Å². The fraction of sp³-hybridized carbons (Fsp3) is 0.429. The zero-order valence-corrected chi connectivity index (χ0v) is 12.5. The van der Waals surface area contributed by atoms with Crippen LogP contribution in [0.4, 0.5) is 18.0 Å². The average molecular weight is 350 g/mol. The maximum absolute atomic E-state index is 13.5. The van der Waals surface area contributed by atoms with Gasteiger partial charge in [0.1, 0.15) is 0 Å². The van der Waals surface area contributed by atoms with E-state index in [0.717, 1.165) is 0 Å². The van der Waals surface area contributed by atoms with Crippen molar-refractivity contribution in [1.29, 1.82) is 0 Å². The fourth-order valence-electron chi connectivity index (χ4n) is 1.92. The molecular weight excluding hydrogens is 333 g/mol. The van der Waals surface area contributed by atoms with E-state index in [9.17, 15) is 22.8 Å². The SMILES string of the molecule is O=C(O)NNC(=O)[C@@](CCCO)(OCc1ccccc1)C(F)(F)F. The van der Waals surface area contributed by atoms with Crippen LogP contribution >= 0.6 is 0 Å². The molecule has 134 valence electrons. The van der Waals surface area contributed by atoms with E-state index in [2.05, 4.69) is 0 Å². The highest BCUT2D eigenvalue weighted by molar-refractivity contribution is 5.87. The Bertz CT molecular complexity index is 553. The van der Waals surface area contributed by atoms with Crippen LogP contribution in [0.25, 0.3) is 0 Å². The summed E-state index contributed by atoms with van der Waals surface area (Å²) in [6, 6.07) is 7.87. The van der Waals surface area contributed by atoms with Crippen molar-refractivity contribution in [2.24, 2.45) is 0 Å². The summed E-state index contributed by atoms with van der Waals surface area (Å²) in [5, 5.41) is 17.2. The zero-order valence-electron chi connectivity index (χ0n) is 12.5. The van der Waals surface area contributed by atoms with Crippen molar-refractivity contribution in [2.45, 2.75) is 31.2 Å². The van der Waals surface area contributed by atoms with Gasteiger partial charge in [0.2, 0.25) is 5.60 Å². The molecule has 0 saturated heterocycles. The Kier molecular flexibility index (Phi) is 6.98. The van der Waals surface area contributed by atoms with Gasteiger partial charge in [0.15, 0.2) is 0 Å². The number of aliphatic hydroxyl groups excluding tert-OH is 1. The van der Waals surface area contributed by atoms with E-state index in [1.54, 1.807) is 18.2 Å². The van der Waals surface area contributed by atoms with Crippen LogP contribution in [0.15, 0.2) is 30.3 Å². The molecule has 24 heavy (non-hydrogen) atoms. The first-order valence-electron chi connectivity index (χ1n) is 6.88. The minimum absolute atomic E-state index is 0.366. The summed E-state index contributed by atoms with van der Waals surface area (Å²) >= 11 is 0. The van der Waals surface area contributed by atoms with Gasteiger partial charge in [-0.3, -0.25) is 10.2 Å². The van der Waals surface area contributed by atoms with Crippen LogP contribution < -0.4 is 10.9 Å². The second-order valence-electron chi connectivity index (χ2n) is 4.81. The average Bonchev–Trinajstić information content (AvgIpc) is 2.52. The molecule has 0 heterocycles. The van der Waals surface area contributed by atoms with Gasteiger partial charge in [-0.15, -0.1) is 0 Å². The Morgan fingerprint density at radius 2 is 1.75 bits per heavy atom. The normalized spacial score (nSPS) is 13.8. The Morgan fingerprint density at radius 3 is 2.25 bits per heavy atom. The maximum Gasteiger partial charge on any atom is 0.426 e. The third-order valence-corrected chi connectivity index (χ3v) is 3.12. The van der Waals surface area contributed by atoms with E-state index in [1.807, 2.05) is 0 Å². The molecule has 0 spiro atoms. The van der Waals surface area contributed by atoms with Crippen LogP contribution in [0, 0.1) is 0 Å². The number of carbonyl (C=O) groups excluding carboxylic acids is 1. The van der Waals surface area contributed by atoms with E-state index in [4.69, 9.17) is 14.9 Å². The molecule has 0 unspecified atom stereocenters. The highest BCUT2D eigenvalue weighted by atomic mass is 19.4. The topological polar surface area (TPSA) is 108 Å². The number of ether oxygens (including phenoxy) is 1. The first-order chi connectivity index (χ1) is 11.2. The molecule has 0 saturated carbocycles. The van der Waals surface area contributed by atoms with Gasteiger partial charge < -0.3 is 14.9 Å². The summed E-state index contributed by atoms with van der Waals surface area (Å²) in [7, 11) is 0. The lowest BCUT2D eigenvalue weighted by Gasteiger charge is -2.34. The van der Waals surface area contributed by atoms with E-state index < -0.39 is 43.4 Å². The number of rotatable bonds is 7. The molecule has 0 aliphatic carbocycles. The second kappa shape index (κ2) is 8.50. The molecule has 0 aliphatic rings. The van der Waals surface area contributed by atoms with Crippen molar-refractivity contribution >= 4 is 12.0 Å². The predicted octanol–water partition coefficient (Wildman–Crippen LogP) is 1.58.